The highest BCUT2D eigenvalue weighted by molar-refractivity contribution is 7.13. The summed E-state index contributed by atoms with van der Waals surface area (Å²) in [5.41, 5.74) is 0.759. The lowest BCUT2D eigenvalue weighted by Crippen LogP contribution is -2.38. The molecule has 2 aromatic rings. The summed E-state index contributed by atoms with van der Waals surface area (Å²) in [6.45, 7) is 0.777. The summed E-state index contributed by atoms with van der Waals surface area (Å²) in [6, 6.07) is 3.65. The highest BCUT2D eigenvalue weighted by Gasteiger charge is 2.28. The highest BCUT2D eigenvalue weighted by atomic mass is 32.1. The molecule has 3 rings (SSSR count). The molecule has 1 aliphatic rings. The minimum atomic E-state index is -0.0225. The summed E-state index contributed by atoms with van der Waals surface area (Å²) < 4.78 is 5.29. The Morgan fingerprint density at radius 1 is 1.60 bits per heavy atom. The second-order valence-electron chi connectivity index (χ2n) is 4.86. The van der Waals surface area contributed by atoms with Crippen molar-refractivity contribution < 1.29 is 14.3 Å². The number of aromatic nitrogens is 1. The Balaban J connectivity index is 1.67. The van der Waals surface area contributed by atoms with Gasteiger partial charge < -0.3 is 14.4 Å². The van der Waals surface area contributed by atoms with Crippen molar-refractivity contribution >= 4 is 17.2 Å². The van der Waals surface area contributed by atoms with E-state index < -0.39 is 0 Å². The summed E-state index contributed by atoms with van der Waals surface area (Å²) in [7, 11) is 0. The predicted octanol–water partition coefficient (Wildman–Crippen LogP) is 1.93. The van der Waals surface area contributed by atoms with E-state index in [9.17, 15) is 9.90 Å². The van der Waals surface area contributed by atoms with E-state index in [1.807, 2.05) is 17.5 Å². The first-order chi connectivity index (χ1) is 9.78. The zero-order chi connectivity index (χ0) is 13.9. The molecule has 1 atom stereocenters. The first kappa shape index (κ1) is 13.3. The van der Waals surface area contributed by atoms with E-state index in [2.05, 4.69) is 4.98 Å². The molecule has 0 radical (unpaired) electrons. The van der Waals surface area contributed by atoms with Crippen LogP contribution in [-0.2, 0) is 11.2 Å². The van der Waals surface area contributed by atoms with E-state index in [0.29, 0.717) is 0 Å². The van der Waals surface area contributed by atoms with Gasteiger partial charge in [-0.05, 0) is 25.0 Å². The number of thiazole rings is 1. The largest absolute Gasteiger partial charge is 0.462 e. The van der Waals surface area contributed by atoms with Crippen molar-refractivity contribution in [2.45, 2.75) is 25.3 Å². The van der Waals surface area contributed by atoms with E-state index in [-0.39, 0.29) is 25.0 Å². The van der Waals surface area contributed by atoms with Crippen LogP contribution in [0.25, 0.3) is 10.8 Å². The van der Waals surface area contributed by atoms with Crippen molar-refractivity contribution in [1.82, 2.24) is 9.88 Å². The van der Waals surface area contributed by atoms with Gasteiger partial charge in [-0.2, -0.15) is 0 Å². The van der Waals surface area contributed by atoms with Gasteiger partial charge in [-0.25, -0.2) is 4.98 Å². The van der Waals surface area contributed by atoms with Crippen LogP contribution in [0.2, 0.25) is 0 Å². The third kappa shape index (κ3) is 2.62. The van der Waals surface area contributed by atoms with Crippen LogP contribution in [0.3, 0.4) is 0 Å². The molecule has 3 heterocycles. The number of aliphatic hydroxyl groups is 1. The Kier molecular flexibility index (Phi) is 3.84. The average molecular weight is 292 g/mol. The van der Waals surface area contributed by atoms with Crippen molar-refractivity contribution in [2.24, 2.45) is 0 Å². The summed E-state index contributed by atoms with van der Waals surface area (Å²) >= 11 is 1.47. The van der Waals surface area contributed by atoms with E-state index in [1.165, 1.54) is 11.3 Å². The molecule has 0 saturated carbocycles. The van der Waals surface area contributed by atoms with Gasteiger partial charge >= 0.3 is 0 Å². The second-order valence-corrected chi connectivity index (χ2v) is 5.72. The van der Waals surface area contributed by atoms with Crippen LogP contribution in [0, 0.1) is 0 Å². The number of amides is 1. The zero-order valence-corrected chi connectivity index (χ0v) is 11.8. The fourth-order valence-corrected chi connectivity index (χ4v) is 3.30. The maximum absolute atomic E-state index is 12.2. The molecule has 1 aliphatic heterocycles. The smallest absolute Gasteiger partial charge is 0.228 e. The summed E-state index contributed by atoms with van der Waals surface area (Å²) in [4.78, 5) is 18.4. The fraction of sp³-hybridized carbons (Fsp3) is 0.429. The number of aliphatic hydroxyl groups excluding tert-OH is 1. The normalized spacial score (nSPS) is 18.6. The third-order valence-electron chi connectivity index (χ3n) is 3.52. The molecule has 0 bridgehead atoms. The molecular weight excluding hydrogens is 276 g/mol. The molecule has 0 spiro atoms. The lowest BCUT2D eigenvalue weighted by molar-refractivity contribution is -0.132. The Morgan fingerprint density at radius 2 is 2.50 bits per heavy atom. The van der Waals surface area contributed by atoms with Gasteiger partial charge in [-0.1, -0.05) is 0 Å². The van der Waals surface area contributed by atoms with Crippen molar-refractivity contribution in [1.29, 1.82) is 0 Å². The summed E-state index contributed by atoms with van der Waals surface area (Å²) in [5, 5.41) is 11.9. The first-order valence-electron chi connectivity index (χ1n) is 6.66. The van der Waals surface area contributed by atoms with Gasteiger partial charge in [-0.3, -0.25) is 4.79 Å². The quantitative estimate of drug-likeness (QED) is 0.935. The van der Waals surface area contributed by atoms with Gasteiger partial charge in [0, 0.05) is 11.9 Å². The van der Waals surface area contributed by atoms with Crippen molar-refractivity contribution in [3.63, 3.8) is 0 Å². The fourth-order valence-electron chi connectivity index (χ4n) is 2.51. The van der Waals surface area contributed by atoms with Gasteiger partial charge in [0.1, 0.15) is 0 Å². The Morgan fingerprint density at radius 3 is 3.25 bits per heavy atom. The number of rotatable bonds is 4. The molecule has 1 saturated heterocycles. The first-order valence-corrected chi connectivity index (χ1v) is 7.54. The number of furan rings is 1. The van der Waals surface area contributed by atoms with Gasteiger partial charge in [-0.15, -0.1) is 11.3 Å². The average Bonchev–Trinajstić information content (AvgIpc) is 3.19. The number of nitrogens with zero attached hydrogens (tertiary/aromatic N) is 2. The Bertz CT molecular complexity index is 579. The molecule has 6 heteroatoms. The van der Waals surface area contributed by atoms with Crippen molar-refractivity contribution in [2.75, 3.05) is 13.2 Å². The topological polar surface area (TPSA) is 66.6 Å². The number of carbonyl (C=O) groups excluding carboxylic acids is 1. The molecule has 1 unspecified atom stereocenters. The van der Waals surface area contributed by atoms with Crippen LogP contribution in [-0.4, -0.2) is 40.1 Å². The van der Waals surface area contributed by atoms with E-state index >= 15 is 0 Å². The van der Waals surface area contributed by atoms with E-state index in [1.54, 1.807) is 11.2 Å². The maximum Gasteiger partial charge on any atom is 0.228 e. The molecule has 106 valence electrons. The van der Waals surface area contributed by atoms with Crippen LogP contribution < -0.4 is 0 Å². The molecule has 20 heavy (non-hydrogen) atoms. The summed E-state index contributed by atoms with van der Waals surface area (Å²) in [6.07, 6.45) is 3.74. The van der Waals surface area contributed by atoms with Gasteiger partial charge in [0.25, 0.3) is 0 Å². The van der Waals surface area contributed by atoms with Crippen LogP contribution in [0.4, 0.5) is 0 Å². The molecule has 1 amide bonds. The minimum Gasteiger partial charge on any atom is -0.462 e. The molecule has 1 fully saturated rings. The standard InChI is InChI=1S/C14H16N2O3S/c17-8-11-3-1-5-16(11)13(18)7-10-9-20-14(15-10)12-4-2-6-19-12/h2,4,6,9,11,17H,1,3,5,7-8H2. The maximum atomic E-state index is 12.2. The molecule has 1 N–H and O–H groups in total. The van der Waals surface area contributed by atoms with Crippen LogP contribution in [0.1, 0.15) is 18.5 Å². The SMILES string of the molecule is O=C(Cc1csc(-c2ccco2)n1)N1CCCC1CO. The number of hydrogen-bond donors (Lipinski definition) is 1. The van der Waals surface area contributed by atoms with Crippen molar-refractivity contribution in [3.05, 3.63) is 29.5 Å². The van der Waals surface area contributed by atoms with Gasteiger partial charge in [0.05, 0.1) is 31.0 Å². The monoisotopic (exact) mass is 292 g/mol. The van der Waals surface area contributed by atoms with Crippen LogP contribution in [0.15, 0.2) is 28.2 Å². The Labute approximate surface area is 120 Å². The van der Waals surface area contributed by atoms with Gasteiger partial charge in [0.2, 0.25) is 5.91 Å². The van der Waals surface area contributed by atoms with E-state index in [4.69, 9.17) is 4.42 Å². The predicted molar refractivity (Wildman–Crippen MR) is 75.3 cm³/mol. The van der Waals surface area contributed by atoms with Gasteiger partial charge in [0.15, 0.2) is 10.8 Å². The number of likely N-dealkylation sites (tertiary alicyclic amines) is 1. The lowest BCUT2D eigenvalue weighted by Gasteiger charge is -2.22. The molecule has 5 nitrogen and oxygen atoms in total. The van der Waals surface area contributed by atoms with E-state index in [0.717, 1.165) is 35.8 Å². The molecular formula is C14H16N2O3S. The third-order valence-corrected chi connectivity index (χ3v) is 4.43. The number of carbonyl (C=O) groups is 1. The van der Waals surface area contributed by atoms with Crippen LogP contribution >= 0.6 is 11.3 Å². The summed E-state index contributed by atoms with van der Waals surface area (Å²) in [5.74, 6) is 0.765. The van der Waals surface area contributed by atoms with Crippen LogP contribution in [0.5, 0.6) is 0 Å². The Hall–Kier alpha value is -1.66. The number of hydrogen-bond acceptors (Lipinski definition) is 5. The molecule has 0 aromatic carbocycles. The molecule has 0 aliphatic carbocycles. The zero-order valence-electron chi connectivity index (χ0n) is 11.0. The highest BCUT2D eigenvalue weighted by Crippen LogP contribution is 2.25. The molecule has 2 aromatic heterocycles. The second kappa shape index (κ2) is 5.76. The van der Waals surface area contributed by atoms with Crippen molar-refractivity contribution in [3.8, 4) is 10.8 Å². The minimum absolute atomic E-state index is 0.0225. The lowest BCUT2D eigenvalue weighted by atomic mass is 10.2.